The monoisotopic (exact) mass is 535 g/mol. The van der Waals surface area contributed by atoms with Gasteiger partial charge in [0.05, 0.1) is 0 Å². The Labute approximate surface area is 218 Å². The van der Waals surface area contributed by atoms with E-state index < -0.39 is 53.4 Å². The molecular formula is C25H33N3O8S. The number of aliphatic carboxylic acids is 2. The third-order valence-corrected chi connectivity index (χ3v) is 8.53. The number of rotatable bonds is 12. The Bertz CT molecular complexity index is 1130. The highest BCUT2D eigenvalue weighted by molar-refractivity contribution is 7.99. The summed E-state index contributed by atoms with van der Waals surface area (Å²) in [6, 6.07) is -2.28. The molecule has 3 aliphatic carbocycles. The van der Waals surface area contributed by atoms with Gasteiger partial charge in [-0.3, -0.25) is 24.0 Å². The van der Waals surface area contributed by atoms with E-state index >= 15 is 0 Å². The van der Waals surface area contributed by atoms with Gasteiger partial charge in [-0.1, -0.05) is 5.57 Å². The van der Waals surface area contributed by atoms with E-state index in [1.54, 1.807) is 13.0 Å². The maximum atomic E-state index is 13.1. The van der Waals surface area contributed by atoms with Crippen molar-refractivity contribution in [3.8, 4) is 0 Å². The predicted octanol–water partition coefficient (Wildman–Crippen LogP) is 0.284. The van der Waals surface area contributed by atoms with Gasteiger partial charge in [-0.2, -0.15) is 11.8 Å². The van der Waals surface area contributed by atoms with Gasteiger partial charge in [0.25, 0.3) is 0 Å². The summed E-state index contributed by atoms with van der Waals surface area (Å²) >= 11 is 1.33. The zero-order chi connectivity index (χ0) is 27.7. The van der Waals surface area contributed by atoms with Crippen molar-refractivity contribution in [2.75, 3.05) is 18.1 Å². The number of carboxylic acids is 2. The average molecular weight is 536 g/mol. The van der Waals surface area contributed by atoms with Gasteiger partial charge in [-0.15, -0.1) is 0 Å². The number of ketones is 1. The number of carbonyl (C=O) groups excluding carboxylic acids is 3. The number of carboxylic acid groups (broad SMARTS) is 2. The highest BCUT2D eigenvalue weighted by Crippen LogP contribution is 2.65. The summed E-state index contributed by atoms with van der Waals surface area (Å²) in [6.07, 6.45) is 2.92. The summed E-state index contributed by atoms with van der Waals surface area (Å²) in [5.74, 6) is -3.50. The van der Waals surface area contributed by atoms with Gasteiger partial charge in [0, 0.05) is 28.9 Å². The Morgan fingerprint density at radius 3 is 2.41 bits per heavy atom. The molecule has 0 aromatic carbocycles. The number of hydrogen-bond acceptors (Lipinski definition) is 8. The van der Waals surface area contributed by atoms with Crippen molar-refractivity contribution in [2.24, 2.45) is 11.1 Å². The molecule has 1 spiro atoms. The molecule has 7 N–H and O–H groups in total. The summed E-state index contributed by atoms with van der Waals surface area (Å²) in [5.41, 5.74) is 7.56. The number of allylic oxidation sites excluding steroid dienone is 3. The van der Waals surface area contributed by atoms with Crippen LogP contribution in [0.5, 0.6) is 0 Å². The van der Waals surface area contributed by atoms with Crippen molar-refractivity contribution in [1.29, 1.82) is 0 Å². The van der Waals surface area contributed by atoms with E-state index in [9.17, 15) is 29.1 Å². The molecule has 3 atom stereocenters. The fraction of sp³-hybridized carbons (Fsp3) is 0.560. The van der Waals surface area contributed by atoms with Crippen LogP contribution in [0, 0.1) is 5.41 Å². The summed E-state index contributed by atoms with van der Waals surface area (Å²) < 4.78 is 0. The van der Waals surface area contributed by atoms with Gasteiger partial charge in [-0.25, -0.2) is 0 Å². The van der Waals surface area contributed by atoms with Crippen LogP contribution < -0.4 is 16.4 Å². The third-order valence-electron chi connectivity index (χ3n) is 7.47. The van der Waals surface area contributed by atoms with Crippen molar-refractivity contribution >= 4 is 41.3 Å². The zero-order valence-corrected chi connectivity index (χ0v) is 21.9. The standard InChI is InChI=1S/C25H33N3O8S/c1-12-8-14-20(13(2)25(6-7-25)24(3,36)21(14)32)15(12)10-37-11-17(22(33)27-9-19(30)31)28-18(29)5-4-16(26)23(34)35/h8,16-17,36H,4-7,9-11,26H2,1-3H3,(H,27,33)(H,28,29)(H,30,31)(H,34,35)/t16?,17?,24-/m0/s1. The van der Waals surface area contributed by atoms with E-state index in [0.717, 1.165) is 35.1 Å². The van der Waals surface area contributed by atoms with Crippen LogP contribution in [0.1, 0.15) is 46.5 Å². The Balaban J connectivity index is 1.69. The van der Waals surface area contributed by atoms with Gasteiger partial charge in [0.15, 0.2) is 5.78 Å². The van der Waals surface area contributed by atoms with Gasteiger partial charge in [-0.05, 0) is 62.8 Å². The zero-order valence-electron chi connectivity index (χ0n) is 21.1. The van der Waals surface area contributed by atoms with E-state index in [1.165, 1.54) is 11.8 Å². The van der Waals surface area contributed by atoms with Crippen molar-refractivity contribution in [3.05, 3.63) is 33.9 Å². The van der Waals surface area contributed by atoms with Crippen LogP contribution in [0.3, 0.4) is 0 Å². The van der Waals surface area contributed by atoms with Crippen molar-refractivity contribution in [2.45, 2.75) is 64.1 Å². The van der Waals surface area contributed by atoms with Crippen LogP contribution in [0.25, 0.3) is 0 Å². The molecule has 1 saturated carbocycles. The molecular weight excluding hydrogens is 502 g/mol. The number of aliphatic hydroxyl groups is 1. The van der Waals surface area contributed by atoms with Crippen LogP contribution in [-0.2, 0) is 24.0 Å². The lowest BCUT2D eigenvalue weighted by molar-refractivity contribution is -0.139. The summed E-state index contributed by atoms with van der Waals surface area (Å²) in [5, 5.41) is 33.5. The number of nitrogens with two attached hydrogens (primary N) is 1. The van der Waals surface area contributed by atoms with E-state index in [1.807, 2.05) is 13.8 Å². The second-order valence-corrected chi connectivity index (χ2v) is 11.0. The molecule has 37 heavy (non-hydrogen) atoms. The highest BCUT2D eigenvalue weighted by atomic mass is 32.2. The molecule has 2 unspecified atom stereocenters. The average Bonchev–Trinajstić information content (AvgIpc) is 3.58. The number of fused-ring (bicyclic) bond motifs is 1. The fourth-order valence-corrected chi connectivity index (χ4v) is 6.19. The first kappa shape index (κ1) is 28.6. The SMILES string of the molecule is CC1=C(CSCC(NC(=O)CCC(N)C(=O)O)C(=O)NCC(=O)O)C2=C(C)C3(CC3)[C@@](C)(O)C(=O)C2=C1. The predicted molar refractivity (Wildman–Crippen MR) is 136 cm³/mol. The Morgan fingerprint density at radius 1 is 1.19 bits per heavy atom. The van der Waals surface area contributed by atoms with E-state index in [-0.39, 0.29) is 24.4 Å². The lowest BCUT2D eigenvalue weighted by atomic mass is 9.67. The number of amides is 2. The van der Waals surface area contributed by atoms with Crippen LogP contribution in [0.15, 0.2) is 33.9 Å². The maximum absolute atomic E-state index is 13.1. The lowest BCUT2D eigenvalue weighted by Gasteiger charge is -2.39. The summed E-state index contributed by atoms with van der Waals surface area (Å²) in [4.78, 5) is 59.8. The fourth-order valence-electron chi connectivity index (χ4n) is 5.02. The van der Waals surface area contributed by atoms with Gasteiger partial charge in [0.1, 0.15) is 24.2 Å². The molecule has 3 aliphatic rings. The van der Waals surface area contributed by atoms with Crippen LogP contribution >= 0.6 is 11.8 Å². The molecule has 0 aromatic rings. The largest absolute Gasteiger partial charge is 0.480 e. The Morgan fingerprint density at radius 2 is 1.84 bits per heavy atom. The number of nitrogens with one attached hydrogen (secondary N) is 2. The molecule has 2 amide bonds. The highest BCUT2D eigenvalue weighted by Gasteiger charge is 2.65. The minimum atomic E-state index is -1.45. The molecule has 12 heteroatoms. The quantitative estimate of drug-likeness (QED) is 0.202. The molecule has 0 radical (unpaired) electrons. The summed E-state index contributed by atoms with van der Waals surface area (Å²) in [6.45, 7) is 4.80. The minimum Gasteiger partial charge on any atom is -0.480 e. The molecule has 3 rings (SSSR count). The lowest BCUT2D eigenvalue weighted by Crippen LogP contribution is -2.49. The van der Waals surface area contributed by atoms with Gasteiger partial charge < -0.3 is 31.7 Å². The molecule has 202 valence electrons. The van der Waals surface area contributed by atoms with Crippen LogP contribution in [0.4, 0.5) is 0 Å². The van der Waals surface area contributed by atoms with E-state index in [0.29, 0.717) is 11.3 Å². The van der Waals surface area contributed by atoms with Crippen molar-refractivity contribution in [3.63, 3.8) is 0 Å². The van der Waals surface area contributed by atoms with Crippen molar-refractivity contribution in [1.82, 2.24) is 10.6 Å². The number of hydrogen-bond donors (Lipinski definition) is 6. The Hall–Kier alpha value is -2.96. The number of carbonyl (C=O) groups is 5. The molecule has 0 aliphatic heterocycles. The molecule has 0 heterocycles. The number of thioether (sulfide) groups is 1. The normalized spacial score (nSPS) is 23.4. The van der Waals surface area contributed by atoms with Gasteiger partial charge in [0.2, 0.25) is 11.8 Å². The first-order chi connectivity index (χ1) is 17.2. The maximum Gasteiger partial charge on any atom is 0.322 e. The molecule has 0 aromatic heterocycles. The smallest absolute Gasteiger partial charge is 0.322 e. The van der Waals surface area contributed by atoms with Crippen molar-refractivity contribution < 1.29 is 39.3 Å². The second-order valence-electron chi connectivity index (χ2n) is 9.93. The first-order valence-electron chi connectivity index (χ1n) is 12.0. The van der Waals surface area contributed by atoms with Gasteiger partial charge >= 0.3 is 11.9 Å². The summed E-state index contributed by atoms with van der Waals surface area (Å²) in [7, 11) is 0. The van der Waals surface area contributed by atoms with Crippen LogP contribution in [-0.4, -0.2) is 80.6 Å². The first-order valence-corrected chi connectivity index (χ1v) is 13.1. The second kappa shape index (κ2) is 10.8. The third kappa shape index (κ3) is 5.65. The number of Topliss-reactive ketones (excluding diaryl/α,β-unsaturated/α-hetero) is 1. The molecule has 0 bridgehead atoms. The molecule has 1 fully saturated rings. The Kier molecular flexibility index (Phi) is 8.35. The minimum absolute atomic E-state index is 0.109. The van der Waals surface area contributed by atoms with E-state index in [4.69, 9.17) is 15.9 Å². The topological polar surface area (TPSA) is 196 Å². The molecule has 11 nitrogen and oxygen atoms in total. The van der Waals surface area contributed by atoms with Crippen LogP contribution in [0.2, 0.25) is 0 Å². The molecule has 0 saturated heterocycles. The van der Waals surface area contributed by atoms with E-state index in [2.05, 4.69) is 10.6 Å².